The number of hydrogen-bond acceptors (Lipinski definition) is 5. The molecule has 1 aliphatic heterocycles. The third-order valence-electron chi connectivity index (χ3n) is 6.89. The summed E-state index contributed by atoms with van der Waals surface area (Å²) in [7, 11) is 1.74. The van der Waals surface area contributed by atoms with Gasteiger partial charge in [-0.2, -0.15) is 5.10 Å². The summed E-state index contributed by atoms with van der Waals surface area (Å²) < 4.78 is 44.8. The molecular weight excluding hydrogens is 471 g/mol. The number of allylic oxidation sites excluding steroid dienone is 1. The van der Waals surface area contributed by atoms with E-state index >= 15 is 0 Å². The summed E-state index contributed by atoms with van der Waals surface area (Å²) in [6.45, 7) is 12.2. The fraction of sp³-hybridized carbons (Fsp3) is 0.462. The predicted octanol–water partition coefficient (Wildman–Crippen LogP) is 5.00. The molecule has 0 unspecified atom stereocenters. The summed E-state index contributed by atoms with van der Waals surface area (Å²) >= 11 is 0. The topological polar surface area (TPSA) is 55.5 Å². The van der Waals surface area contributed by atoms with E-state index in [1.807, 2.05) is 13.1 Å². The molecule has 10 heteroatoms. The van der Waals surface area contributed by atoms with E-state index in [4.69, 9.17) is 5.10 Å². The number of fused-ring (bicyclic) bond motifs is 1. The first-order valence-corrected chi connectivity index (χ1v) is 12.1. The van der Waals surface area contributed by atoms with Gasteiger partial charge < -0.3 is 14.2 Å². The smallest absolute Gasteiger partial charge is 0.406 e. The summed E-state index contributed by atoms with van der Waals surface area (Å²) in [5.41, 5.74) is 3.94. The quantitative estimate of drug-likeness (QED) is 0.454. The average molecular weight is 504 g/mol. The fourth-order valence-electron chi connectivity index (χ4n) is 4.87. The first-order chi connectivity index (χ1) is 17.0. The Labute approximate surface area is 208 Å². The van der Waals surface area contributed by atoms with Gasteiger partial charge in [0.15, 0.2) is 0 Å². The van der Waals surface area contributed by atoms with E-state index in [9.17, 15) is 18.0 Å². The molecule has 1 aliphatic rings. The molecule has 4 rings (SSSR count). The highest BCUT2D eigenvalue weighted by Crippen LogP contribution is 2.32. The summed E-state index contributed by atoms with van der Waals surface area (Å²) in [5.74, 6) is -0.224. The van der Waals surface area contributed by atoms with E-state index in [1.54, 1.807) is 34.5 Å². The zero-order chi connectivity index (χ0) is 26.2. The monoisotopic (exact) mass is 503 g/mol. The third kappa shape index (κ3) is 5.28. The van der Waals surface area contributed by atoms with Crippen LogP contribution in [0.15, 0.2) is 47.9 Å². The minimum absolute atomic E-state index is 0.0924. The first-order valence-electron chi connectivity index (χ1n) is 12.1. The van der Waals surface area contributed by atoms with Crippen molar-refractivity contribution >= 4 is 22.4 Å². The van der Waals surface area contributed by atoms with Crippen molar-refractivity contribution < 1.29 is 17.9 Å². The molecule has 0 saturated carbocycles. The van der Waals surface area contributed by atoms with Crippen LogP contribution >= 0.6 is 0 Å². The van der Waals surface area contributed by atoms with Gasteiger partial charge in [-0.15, -0.1) is 13.2 Å². The van der Waals surface area contributed by atoms with Gasteiger partial charge in [-0.05, 0) is 37.5 Å². The highest BCUT2D eigenvalue weighted by Gasteiger charge is 2.34. The van der Waals surface area contributed by atoms with Crippen molar-refractivity contribution in [1.82, 2.24) is 19.2 Å². The minimum Gasteiger partial charge on any atom is -0.406 e. The maximum atomic E-state index is 12.8. The Morgan fingerprint density at radius 3 is 2.39 bits per heavy atom. The number of pyridine rings is 1. The molecule has 1 aromatic carbocycles. The zero-order valence-corrected chi connectivity index (χ0v) is 21.0. The zero-order valence-electron chi connectivity index (χ0n) is 21.0. The molecule has 1 fully saturated rings. The Morgan fingerprint density at radius 1 is 1.14 bits per heavy atom. The van der Waals surface area contributed by atoms with Crippen LogP contribution in [0.4, 0.5) is 18.9 Å². The van der Waals surface area contributed by atoms with Crippen molar-refractivity contribution in [2.24, 2.45) is 7.05 Å². The number of halogens is 3. The lowest BCUT2D eigenvalue weighted by atomic mass is 10.00. The largest absolute Gasteiger partial charge is 0.573 e. The molecule has 2 atom stereocenters. The van der Waals surface area contributed by atoms with Crippen LogP contribution in [-0.4, -0.2) is 50.8 Å². The minimum atomic E-state index is -4.70. The highest BCUT2D eigenvalue weighted by atomic mass is 19.4. The van der Waals surface area contributed by atoms with Crippen molar-refractivity contribution in [2.75, 3.05) is 18.0 Å². The lowest BCUT2D eigenvalue weighted by Crippen LogP contribution is -2.58. The molecule has 0 amide bonds. The van der Waals surface area contributed by atoms with Gasteiger partial charge in [-0.1, -0.05) is 32.6 Å². The number of hydrogen-bond donors (Lipinski definition) is 0. The number of anilines is 1. The Kier molecular flexibility index (Phi) is 7.17. The molecule has 0 bridgehead atoms. The highest BCUT2D eigenvalue weighted by molar-refractivity contribution is 5.89. The molecule has 194 valence electrons. The van der Waals surface area contributed by atoms with Crippen molar-refractivity contribution in [2.45, 2.75) is 58.6 Å². The Bertz CT molecular complexity index is 1300. The second kappa shape index (κ2) is 10.0. The second-order valence-corrected chi connectivity index (χ2v) is 9.37. The number of piperazine rings is 1. The third-order valence-corrected chi connectivity index (χ3v) is 6.89. The van der Waals surface area contributed by atoms with Crippen LogP contribution in [0.5, 0.6) is 5.75 Å². The standard InChI is InChI=1S/C26H32F3N5O2/c1-6-19-15-33(22-12-24(35)31(5)23-16-34(17(3)4)30-25(22)23)20(7-2)14-32(19)13-18-8-10-21(11-9-18)36-26(27,28)29/h8-12,16,19-20H,3,6-7,13-15H2,1-2,4-5H3/t19-,20+/m1/s1. The van der Waals surface area contributed by atoms with E-state index in [1.165, 1.54) is 12.1 Å². The van der Waals surface area contributed by atoms with E-state index in [0.717, 1.165) is 47.4 Å². The normalized spacial score (nSPS) is 19.1. The van der Waals surface area contributed by atoms with Gasteiger partial charge >= 0.3 is 6.36 Å². The van der Waals surface area contributed by atoms with Gasteiger partial charge in [0.05, 0.1) is 17.4 Å². The molecule has 3 heterocycles. The molecule has 0 spiro atoms. The van der Waals surface area contributed by atoms with Crippen LogP contribution in [0.1, 0.15) is 39.2 Å². The molecule has 2 aromatic heterocycles. The molecule has 0 aliphatic carbocycles. The van der Waals surface area contributed by atoms with E-state index < -0.39 is 6.36 Å². The number of rotatable bonds is 7. The number of nitrogens with zero attached hydrogens (tertiary/aromatic N) is 5. The summed E-state index contributed by atoms with van der Waals surface area (Å²) in [4.78, 5) is 17.5. The number of benzene rings is 1. The Morgan fingerprint density at radius 2 is 1.81 bits per heavy atom. The molecule has 0 N–H and O–H groups in total. The lowest BCUT2D eigenvalue weighted by molar-refractivity contribution is -0.274. The van der Waals surface area contributed by atoms with Crippen LogP contribution in [0.25, 0.3) is 16.7 Å². The van der Waals surface area contributed by atoms with Gasteiger partial charge in [0.1, 0.15) is 11.3 Å². The fourth-order valence-corrected chi connectivity index (χ4v) is 4.87. The maximum absolute atomic E-state index is 12.8. The number of aryl methyl sites for hydroxylation is 1. The van der Waals surface area contributed by atoms with Crippen molar-refractivity contribution in [3.63, 3.8) is 0 Å². The van der Waals surface area contributed by atoms with Gasteiger partial charge in [-0.3, -0.25) is 9.69 Å². The van der Waals surface area contributed by atoms with Crippen LogP contribution in [0.2, 0.25) is 0 Å². The molecule has 1 saturated heterocycles. The van der Waals surface area contributed by atoms with Crippen LogP contribution in [-0.2, 0) is 13.6 Å². The average Bonchev–Trinajstić information content (AvgIpc) is 3.28. The van der Waals surface area contributed by atoms with Gasteiger partial charge in [-0.25, -0.2) is 4.68 Å². The Hall–Kier alpha value is -3.27. The van der Waals surface area contributed by atoms with Crippen molar-refractivity contribution in [1.29, 1.82) is 0 Å². The number of ether oxygens (including phenoxy) is 1. The van der Waals surface area contributed by atoms with E-state index in [0.29, 0.717) is 13.1 Å². The van der Waals surface area contributed by atoms with E-state index in [-0.39, 0.29) is 23.4 Å². The van der Waals surface area contributed by atoms with Crippen molar-refractivity contribution in [3.05, 3.63) is 59.0 Å². The predicted molar refractivity (Wildman–Crippen MR) is 135 cm³/mol. The number of alkyl halides is 3. The Balaban J connectivity index is 1.61. The molecule has 7 nitrogen and oxygen atoms in total. The van der Waals surface area contributed by atoms with Gasteiger partial charge in [0.25, 0.3) is 5.56 Å². The van der Waals surface area contributed by atoms with Gasteiger partial charge in [0, 0.05) is 50.5 Å². The van der Waals surface area contributed by atoms with Crippen LogP contribution in [0, 0.1) is 0 Å². The lowest BCUT2D eigenvalue weighted by Gasteiger charge is -2.47. The van der Waals surface area contributed by atoms with E-state index in [2.05, 4.69) is 35.0 Å². The molecule has 3 aromatic rings. The second-order valence-electron chi connectivity index (χ2n) is 9.37. The summed E-state index contributed by atoms with van der Waals surface area (Å²) in [6.07, 6.45) is -1.12. The van der Waals surface area contributed by atoms with Gasteiger partial charge in [0.2, 0.25) is 0 Å². The SMILES string of the molecule is C=C(C)n1cc2c(n1)c(N1C[C@@H](CC)N(Cc3ccc(OC(F)(F)F)cc3)C[C@@H]1CC)cc(=O)n2C. The first kappa shape index (κ1) is 25.8. The summed E-state index contributed by atoms with van der Waals surface area (Å²) in [5, 5.41) is 4.74. The molecule has 36 heavy (non-hydrogen) atoms. The maximum Gasteiger partial charge on any atom is 0.573 e. The van der Waals surface area contributed by atoms with Crippen LogP contribution < -0.4 is 15.2 Å². The molecule has 0 radical (unpaired) electrons. The summed E-state index contributed by atoms with van der Waals surface area (Å²) in [6, 6.07) is 8.07. The van der Waals surface area contributed by atoms with Crippen molar-refractivity contribution in [3.8, 4) is 5.75 Å². The number of aromatic nitrogens is 3. The van der Waals surface area contributed by atoms with Crippen LogP contribution in [0.3, 0.4) is 0 Å². The molecular formula is C26H32F3N5O2.